The molecule has 1 saturated heterocycles. The first-order valence-electron chi connectivity index (χ1n) is 8.50. The van der Waals surface area contributed by atoms with Crippen LogP contribution in [-0.4, -0.2) is 52.6 Å². The highest BCUT2D eigenvalue weighted by molar-refractivity contribution is 5.93. The van der Waals surface area contributed by atoms with Gasteiger partial charge in [0.1, 0.15) is 5.75 Å². The number of ether oxygens (including phenoxy) is 3. The largest absolute Gasteiger partial charge is 0.493 e. The van der Waals surface area contributed by atoms with Crippen LogP contribution in [0.1, 0.15) is 20.3 Å². The number of hydrogen-bond donors (Lipinski definition) is 2. The number of aliphatic imine (C=N–C) groups is 1. The molecule has 2 N–H and O–H groups in total. The molecular formula is C18H29N3O3. The van der Waals surface area contributed by atoms with E-state index in [0.717, 1.165) is 50.1 Å². The molecule has 6 heteroatoms. The van der Waals surface area contributed by atoms with Gasteiger partial charge in [-0.25, -0.2) is 0 Å². The van der Waals surface area contributed by atoms with Crippen LogP contribution < -0.4 is 15.4 Å². The zero-order valence-electron chi connectivity index (χ0n) is 14.9. The van der Waals surface area contributed by atoms with E-state index in [1.54, 1.807) is 7.11 Å². The van der Waals surface area contributed by atoms with E-state index >= 15 is 0 Å². The van der Waals surface area contributed by atoms with Crippen LogP contribution in [0.15, 0.2) is 29.3 Å². The summed E-state index contributed by atoms with van der Waals surface area (Å²) in [7, 11) is 1.70. The van der Waals surface area contributed by atoms with Crippen LogP contribution >= 0.6 is 0 Å². The van der Waals surface area contributed by atoms with Gasteiger partial charge < -0.3 is 24.8 Å². The van der Waals surface area contributed by atoms with Crippen LogP contribution in [-0.2, 0) is 9.47 Å². The maximum Gasteiger partial charge on any atom is 0.195 e. The Morgan fingerprint density at radius 2 is 2.17 bits per heavy atom. The maximum absolute atomic E-state index is 5.73. The van der Waals surface area contributed by atoms with Crippen molar-refractivity contribution in [3.63, 3.8) is 0 Å². The number of nitrogens with zero attached hydrogens (tertiary/aromatic N) is 1. The Morgan fingerprint density at radius 1 is 1.33 bits per heavy atom. The first-order chi connectivity index (χ1) is 11.6. The highest BCUT2D eigenvalue weighted by Crippen LogP contribution is 2.26. The van der Waals surface area contributed by atoms with Crippen molar-refractivity contribution in [2.24, 2.45) is 10.4 Å². The third kappa shape index (κ3) is 6.02. The van der Waals surface area contributed by atoms with Crippen LogP contribution in [0, 0.1) is 5.41 Å². The number of hydrogen-bond acceptors (Lipinski definition) is 4. The molecule has 1 aliphatic heterocycles. The molecule has 0 atom stereocenters. The van der Waals surface area contributed by atoms with Gasteiger partial charge in [-0.05, 0) is 19.1 Å². The van der Waals surface area contributed by atoms with Gasteiger partial charge in [-0.3, -0.25) is 4.99 Å². The van der Waals surface area contributed by atoms with Crippen molar-refractivity contribution in [2.75, 3.05) is 51.9 Å². The summed E-state index contributed by atoms with van der Waals surface area (Å²) in [5, 5.41) is 6.61. The van der Waals surface area contributed by atoms with Crippen molar-refractivity contribution in [1.29, 1.82) is 0 Å². The smallest absolute Gasteiger partial charge is 0.195 e. The lowest BCUT2D eigenvalue weighted by Crippen LogP contribution is -2.43. The van der Waals surface area contributed by atoms with Crippen LogP contribution in [0.2, 0.25) is 0 Å². The lowest BCUT2D eigenvalue weighted by Gasteiger charge is -2.36. The minimum absolute atomic E-state index is 0.161. The van der Waals surface area contributed by atoms with Gasteiger partial charge in [-0.2, -0.15) is 0 Å². The Hall–Kier alpha value is -1.79. The van der Waals surface area contributed by atoms with Crippen LogP contribution in [0.25, 0.3) is 0 Å². The van der Waals surface area contributed by atoms with E-state index in [1.165, 1.54) is 0 Å². The van der Waals surface area contributed by atoms with Gasteiger partial charge in [0.25, 0.3) is 0 Å². The van der Waals surface area contributed by atoms with Crippen molar-refractivity contribution >= 4 is 11.6 Å². The third-order valence-electron chi connectivity index (χ3n) is 3.72. The lowest BCUT2D eigenvalue weighted by molar-refractivity contribution is -0.0945. The molecule has 6 nitrogen and oxygen atoms in total. The first kappa shape index (κ1) is 18.5. The third-order valence-corrected chi connectivity index (χ3v) is 3.72. The monoisotopic (exact) mass is 335 g/mol. The zero-order valence-corrected chi connectivity index (χ0v) is 14.9. The topological polar surface area (TPSA) is 64.1 Å². The standard InChI is InChI=1S/C18H29N3O3/c1-4-19-17(20-12-18(2)13-23-14-18)21-15-7-5-8-16(11-15)24-10-6-9-22-3/h5,7-8,11H,4,6,9-10,12-14H2,1-3H3,(H2,19,20,21). The summed E-state index contributed by atoms with van der Waals surface area (Å²) in [6.45, 7) is 8.71. The molecule has 0 spiro atoms. The molecular weight excluding hydrogens is 306 g/mol. The molecule has 0 aromatic heterocycles. The summed E-state index contributed by atoms with van der Waals surface area (Å²) in [4.78, 5) is 4.68. The molecule has 1 fully saturated rings. The summed E-state index contributed by atoms with van der Waals surface area (Å²) >= 11 is 0. The van der Waals surface area contributed by atoms with E-state index in [1.807, 2.05) is 24.3 Å². The van der Waals surface area contributed by atoms with Gasteiger partial charge in [-0.1, -0.05) is 13.0 Å². The minimum Gasteiger partial charge on any atom is -0.493 e. The number of methoxy groups -OCH3 is 1. The predicted molar refractivity (Wildman–Crippen MR) is 97.0 cm³/mol. The second-order valence-electron chi connectivity index (χ2n) is 6.35. The second-order valence-corrected chi connectivity index (χ2v) is 6.35. The molecule has 0 radical (unpaired) electrons. The molecule has 134 valence electrons. The maximum atomic E-state index is 5.73. The van der Waals surface area contributed by atoms with E-state index in [0.29, 0.717) is 13.2 Å². The number of benzene rings is 1. The molecule has 1 heterocycles. The average Bonchev–Trinajstić information content (AvgIpc) is 2.55. The van der Waals surface area contributed by atoms with Crippen molar-refractivity contribution in [1.82, 2.24) is 5.32 Å². The van der Waals surface area contributed by atoms with Crippen LogP contribution in [0.4, 0.5) is 5.69 Å². The number of guanidine groups is 1. The summed E-state index contributed by atoms with van der Waals surface area (Å²) in [6.07, 6.45) is 0.874. The van der Waals surface area contributed by atoms with Gasteiger partial charge in [0.05, 0.1) is 26.4 Å². The van der Waals surface area contributed by atoms with Crippen LogP contribution in [0.3, 0.4) is 0 Å². The Balaban J connectivity index is 1.91. The Kier molecular flexibility index (Phi) is 7.34. The van der Waals surface area contributed by atoms with Crippen molar-refractivity contribution in [2.45, 2.75) is 20.3 Å². The fraction of sp³-hybridized carbons (Fsp3) is 0.611. The number of nitrogens with one attached hydrogen (secondary N) is 2. The van der Waals surface area contributed by atoms with Crippen LogP contribution in [0.5, 0.6) is 5.75 Å². The molecule has 0 unspecified atom stereocenters. The normalized spacial score (nSPS) is 16.4. The molecule has 0 aliphatic carbocycles. The van der Waals surface area contributed by atoms with Gasteiger partial charge >= 0.3 is 0 Å². The molecule has 24 heavy (non-hydrogen) atoms. The van der Waals surface area contributed by atoms with Gasteiger partial charge in [0.15, 0.2) is 5.96 Å². The highest BCUT2D eigenvalue weighted by atomic mass is 16.5. The summed E-state index contributed by atoms with van der Waals surface area (Å²) in [6, 6.07) is 7.91. The number of rotatable bonds is 9. The summed E-state index contributed by atoms with van der Waals surface area (Å²) < 4.78 is 16.0. The number of anilines is 1. The fourth-order valence-electron chi connectivity index (χ4n) is 2.31. The van der Waals surface area contributed by atoms with E-state index in [9.17, 15) is 0 Å². The highest BCUT2D eigenvalue weighted by Gasteiger charge is 2.33. The lowest BCUT2D eigenvalue weighted by atomic mass is 9.89. The zero-order chi connectivity index (χ0) is 17.3. The predicted octanol–water partition coefficient (Wildman–Crippen LogP) is 2.52. The van der Waals surface area contributed by atoms with E-state index < -0.39 is 0 Å². The Labute approximate surface area is 144 Å². The molecule has 1 aromatic rings. The Bertz CT molecular complexity index is 530. The molecule has 1 aliphatic rings. The summed E-state index contributed by atoms with van der Waals surface area (Å²) in [5.41, 5.74) is 1.11. The van der Waals surface area contributed by atoms with Gasteiger partial charge in [0.2, 0.25) is 0 Å². The van der Waals surface area contributed by atoms with Gasteiger partial charge in [-0.15, -0.1) is 0 Å². The molecule has 0 saturated carbocycles. The fourth-order valence-corrected chi connectivity index (χ4v) is 2.31. The molecule has 0 bridgehead atoms. The van der Waals surface area contributed by atoms with E-state index in [2.05, 4.69) is 29.5 Å². The molecule has 0 amide bonds. The van der Waals surface area contributed by atoms with E-state index in [-0.39, 0.29) is 5.41 Å². The minimum atomic E-state index is 0.161. The SMILES string of the molecule is CCNC(=NCC1(C)COC1)Nc1cccc(OCCCOC)c1. The van der Waals surface area contributed by atoms with Crippen molar-refractivity contribution in [3.05, 3.63) is 24.3 Å². The quantitative estimate of drug-likeness (QED) is 0.412. The second kappa shape index (κ2) is 9.49. The van der Waals surface area contributed by atoms with Gasteiger partial charge in [0, 0.05) is 43.9 Å². The van der Waals surface area contributed by atoms with Crippen molar-refractivity contribution in [3.8, 4) is 5.75 Å². The average molecular weight is 335 g/mol. The van der Waals surface area contributed by atoms with Crippen molar-refractivity contribution < 1.29 is 14.2 Å². The Morgan fingerprint density at radius 3 is 2.83 bits per heavy atom. The summed E-state index contributed by atoms with van der Waals surface area (Å²) in [5.74, 6) is 1.62. The molecule has 1 aromatic carbocycles. The van der Waals surface area contributed by atoms with E-state index in [4.69, 9.17) is 14.2 Å². The first-order valence-corrected chi connectivity index (χ1v) is 8.50. The molecule has 2 rings (SSSR count).